The van der Waals surface area contributed by atoms with Crippen LogP contribution in [0.15, 0.2) is 15.9 Å². The van der Waals surface area contributed by atoms with Crippen LogP contribution < -0.4 is 11.6 Å². The zero-order valence-corrected chi connectivity index (χ0v) is 10.1. The molecule has 1 rings (SSSR count). The van der Waals surface area contributed by atoms with Crippen molar-refractivity contribution in [3.05, 3.63) is 20.8 Å². The molecule has 0 saturated heterocycles. The van der Waals surface area contributed by atoms with Crippen LogP contribution in [0.4, 0.5) is 0 Å². The first kappa shape index (κ1) is 11.6. The molecule has 0 aliphatic carbocycles. The first-order valence-electron chi connectivity index (χ1n) is 4.02. The van der Waals surface area contributed by atoms with E-state index in [-0.39, 0.29) is 18.4 Å². The minimum absolute atomic E-state index is 0.165. The first-order chi connectivity index (χ1) is 6.50. The summed E-state index contributed by atoms with van der Waals surface area (Å²) in [6.45, 7) is 0. The number of halogens is 1. The molecule has 0 fully saturated rings. The van der Waals surface area contributed by atoms with Gasteiger partial charge in [-0.25, -0.2) is 5.84 Å². The molecule has 0 spiro atoms. The van der Waals surface area contributed by atoms with E-state index in [0.29, 0.717) is 0 Å². The predicted molar refractivity (Wildman–Crippen MR) is 60.5 cm³/mol. The van der Waals surface area contributed by atoms with Crippen molar-refractivity contribution < 1.29 is 4.79 Å². The molecule has 4 nitrogen and oxygen atoms in total. The molecule has 1 aromatic rings. The zero-order valence-electron chi connectivity index (χ0n) is 7.74. The summed E-state index contributed by atoms with van der Waals surface area (Å²) in [6.07, 6.45) is 0.236. The van der Waals surface area contributed by atoms with Gasteiger partial charge in [-0.3, -0.25) is 9.80 Å². The molecule has 1 heterocycles. The van der Waals surface area contributed by atoms with Gasteiger partial charge in [0, 0.05) is 24.4 Å². The predicted octanol–water partition coefficient (Wildman–Crippen LogP) is 1.23. The highest BCUT2D eigenvalue weighted by Crippen LogP contribution is 2.27. The van der Waals surface area contributed by atoms with Crippen molar-refractivity contribution in [3.63, 3.8) is 0 Å². The molecular formula is C8H12BrN3OS. The number of nitrogens with zero attached hydrogens (tertiary/aromatic N) is 1. The van der Waals surface area contributed by atoms with Gasteiger partial charge in [0.25, 0.3) is 0 Å². The molecular weight excluding hydrogens is 266 g/mol. The van der Waals surface area contributed by atoms with Gasteiger partial charge in [0.05, 0.1) is 3.79 Å². The van der Waals surface area contributed by atoms with Crippen LogP contribution in [0.1, 0.15) is 17.3 Å². The maximum Gasteiger partial charge on any atom is 0.238 e. The van der Waals surface area contributed by atoms with Crippen molar-refractivity contribution in [2.24, 2.45) is 11.6 Å². The summed E-state index contributed by atoms with van der Waals surface area (Å²) >= 11 is 4.87. The van der Waals surface area contributed by atoms with E-state index in [1.807, 2.05) is 12.1 Å². The molecule has 0 radical (unpaired) electrons. The summed E-state index contributed by atoms with van der Waals surface area (Å²) < 4.78 is 1.01. The third kappa shape index (κ3) is 3.06. The molecule has 1 atom stereocenters. The van der Waals surface area contributed by atoms with Crippen LogP contribution >= 0.6 is 27.3 Å². The van der Waals surface area contributed by atoms with Crippen LogP contribution in [0.3, 0.4) is 0 Å². The number of amides is 1. The quantitative estimate of drug-likeness (QED) is 0.496. The number of carbonyl (C=O) groups excluding carboxylic acids is 1. The fraction of sp³-hybridized carbons (Fsp3) is 0.375. The third-order valence-corrected chi connectivity index (χ3v) is 3.50. The van der Waals surface area contributed by atoms with Crippen molar-refractivity contribution in [2.75, 3.05) is 7.05 Å². The highest BCUT2D eigenvalue weighted by molar-refractivity contribution is 9.11. The summed E-state index contributed by atoms with van der Waals surface area (Å²) in [6, 6.07) is 3.55. The number of nitrogens with two attached hydrogens (primary N) is 2. The Kier molecular flexibility index (Phi) is 4.06. The summed E-state index contributed by atoms with van der Waals surface area (Å²) in [5.74, 6) is 5.13. The molecule has 1 amide bonds. The summed E-state index contributed by atoms with van der Waals surface area (Å²) in [5.41, 5.74) is 5.83. The van der Waals surface area contributed by atoms with Gasteiger partial charge < -0.3 is 5.73 Å². The molecule has 14 heavy (non-hydrogen) atoms. The maximum atomic E-state index is 11.2. The Bertz CT molecular complexity index is 326. The fourth-order valence-electron chi connectivity index (χ4n) is 0.960. The summed E-state index contributed by atoms with van der Waals surface area (Å²) in [4.78, 5) is 12.2. The second-order valence-corrected chi connectivity index (χ2v) is 5.45. The van der Waals surface area contributed by atoms with E-state index in [0.717, 1.165) is 13.7 Å². The molecule has 78 valence electrons. The SMILES string of the molecule is CN(N)C(=O)CC(N)c1ccc(Br)s1. The zero-order chi connectivity index (χ0) is 10.7. The van der Waals surface area contributed by atoms with Crippen molar-refractivity contribution >= 4 is 33.2 Å². The molecule has 0 bridgehead atoms. The third-order valence-electron chi connectivity index (χ3n) is 1.75. The summed E-state index contributed by atoms with van der Waals surface area (Å²) in [7, 11) is 1.51. The lowest BCUT2D eigenvalue weighted by Crippen LogP contribution is -2.35. The minimum atomic E-state index is -0.273. The van der Waals surface area contributed by atoms with Gasteiger partial charge >= 0.3 is 0 Å². The van der Waals surface area contributed by atoms with Crippen LogP contribution in [0.5, 0.6) is 0 Å². The highest BCUT2D eigenvalue weighted by atomic mass is 79.9. The maximum absolute atomic E-state index is 11.2. The Morgan fingerprint density at radius 2 is 2.36 bits per heavy atom. The van der Waals surface area contributed by atoms with E-state index >= 15 is 0 Å². The Morgan fingerprint density at radius 1 is 1.71 bits per heavy atom. The van der Waals surface area contributed by atoms with E-state index in [1.165, 1.54) is 18.4 Å². The number of thiophene rings is 1. The topological polar surface area (TPSA) is 72.3 Å². The molecule has 0 aliphatic rings. The minimum Gasteiger partial charge on any atom is -0.323 e. The van der Waals surface area contributed by atoms with Gasteiger partial charge in [0.15, 0.2) is 0 Å². The van der Waals surface area contributed by atoms with Gasteiger partial charge in [0.2, 0.25) is 5.91 Å². The number of carbonyl (C=O) groups is 1. The van der Waals surface area contributed by atoms with E-state index in [2.05, 4.69) is 15.9 Å². The average Bonchev–Trinajstić information content (AvgIpc) is 2.51. The van der Waals surface area contributed by atoms with Gasteiger partial charge in [-0.15, -0.1) is 11.3 Å². The lowest BCUT2D eigenvalue weighted by atomic mass is 10.2. The van der Waals surface area contributed by atoms with E-state index < -0.39 is 0 Å². The van der Waals surface area contributed by atoms with E-state index in [1.54, 1.807) is 0 Å². The van der Waals surface area contributed by atoms with Crippen molar-refractivity contribution in [1.29, 1.82) is 0 Å². The molecule has 0 aromatic carbocycles. The van der Waals surface area contributed by atoms with Crippen molar-refractivity contribution in [2.45, 2.75) is 12.5 Å². The highest BCUT2D eigenvalue weighted by Gasteiger charge is 2.14. The number of hydrogen-bond donors (Lipinski definition) is 2. The second kappa shape index (κ2) is 4.88. The molecule has 1 unspecified atom stereocenters. The molecule has 4 N–H and O–H groups in total. The van der Waals surface area contributed by atoms with E-state index in [9.17, 15) is 4.79 Å². The Labute approximate surface area is 95.0 Å². The van der Waals surface area contributed by atoms with Gasteiger partial charge in [-0.1, -0.05) is 0 Å². The molecule has 0 saturated carbocycles. The number of hydrogen-bond acceptors (Lipinski definition) is 4. The van der Waals surface area contributed by atoms with Gasteiger partial charge in [0.1, 0.15) is 0 Å². The Morgan fingerprint density at radius 3 is 2.79 bits per heavy atom. The van der Waals surface area contributed by atoms with Crippen LogP contribution in [0.25, 0.3) is 0 Å². The average molecular weight is 278 g/mol. The normalized spacial score (nSPS) is 12.6. The Balaban J connectivity index is 2.59. The monoisotopic (exact) mass is 277 g/mol. The smallest absolute Gasteiger partial charge is 0.238 e. The van der Waals surface area contributed by atoms with E-state index in [4.69, 9.17) is 11.6 Å². The lowest BCUT2D eigenvalue weighted by molar-refractivity contribution is -0.130. The summed E-state index contributed by atoms with van der Waals surface area (Å²) in [5, 5.41) is 1.06. The first-order valence-corrected chi connectivity index (χ1v) is 5.63. The molecule has 0 aliphatic heterocycles. The van der Waals surface area contributed by atoms with Crippen LogP contribution in [0, 0.1) is 0 Å². The van der Waals surface area contributed by atoms with Crippen LogP contribution in [-0.2, 0) is 4.79 Å². The number of hydrazine groups is 1. The van der Waals surface area contributed by atoms with Crippen molar-refractivity contribution in [1.82, 2.24) is 5.01 Å². The standard InChI is InChI=1S/C8H12BrN3OS/c1-12(11)8(13)4-5(10)6-2-3-7(9)14-6/h2-3,5H,4,10-11H2,1H3. The Hall–Kier alpha value is -0.430. The largest absolute Gasteiger partial charge is 0.323 e. The molecule has 1 aromatic heterocycles. The number of rotatable bonds is 3. The lowest BCUT2D eigenvalue weighted by Gasteiger charge is -2.13. The fourth-order valence-corrected chi connectivity index (χ4v) is 2.39. The van der Waals surface area contributed by atoms with Crippen LogP contribution in [0.2, 0.25) is 0 Å². The van der Waals surface area contributed by atoms with Crippen LogP contribution in [-0.4, -0.2) is 18.0 Å². The second-order valence-electron chi connectivity index (χ2n) is 2.96. The van der Waals surface area contributed by atoms with Gasteiger partial charge in [-0.2, -0.15) is 0 Å². The molecule has 6 heteroatoms. The van der Waals surface area contributed by atoms with Gasteiger partial charge in [-0.05, 0) is 28.1 Å². The van der Waals surface area contributed by atoms with Crippen molar-refractivity contribution in [3.8, 4) is 0 Å².